The molecule has 2 rings (SSSR count). The van der Waals surface area contributed by atoms with Gasteiger partial charge in [-0.05, 0) is 43.9 Å². The number of hydrogen-bond donors (Lipinski definition) is 2. The number of rotatable bonds is 3. The lowest BCUT2D eigenvalue weighted by Crippen LogP contribution is -2.48. The second kappa shape index (κ2) is 6.41. The molecule has 1 aromatic carbocycles. The lowest BCUT2D eigenvalue weighted by atomic mass is 9.92. The molecule has 1 aliphatic heterocycles. The van der Waals surface area contributed by atoms with Crippen LogP contribution in [0.15, 0.2) is 12.1 Å². The quantitative estimate of drug-likeness (QED) is 0.664. The van der Waals surface area contributed by atoms with Gasteiger partial charge >= 0.3 is 0 Å². The molecular weight excluding hydrogens is 294 g/mol. The number of hydrogen-bond acceptors (Lipinski definition) is 4. The van der Waals surface area contributed by atoms with Crippen LogP contribution in [-0.2, 0) is 4.79 Å². The summed E-state index contributed by atoms with van der Waals surface area (Å²) in [6, 6.07) is 2.56. The molecule has 0 saturated carbocycles. The Kier molecular flexibility index (Phi) is 4.80. The van der Waals surface area contributed by atoms with Crippen LogP contribution in [0.25, 0.3) is 0 Å². The normalized spacial score (nSPS) is 21.9. The van der Waals surface area contributed by atoms with Crippen LogP contribution in [0.5, 0.6) is 0 Å². The van der Waals surface area contributed by atoms with Crippen molar-refractivity contribution in [3.8, 4) is 0 Å². The average molecular weight is 312 g/mol. The molecule has 0 bridgehead atoms. The van der Waals surface area contributed by atoms with Crippen LogP contribution in [0.1, 0.15) is 25.3 Å². The number of piperidine rings is 1. The fraction of sp³-hybridized carbons (Fsp3) is 0.500. The highest BCUT2D eigenvalue weighted by Gasteiger charge is 2.28. The van der Waals surface area contributed by atoms with Crippen LogP contribution in [-0.4, -0.2) is 23.4 Å². The van der Waals surface area contributed by atoms with E-state index in [0.717, 1.165) is 19.4 Å². The number of anilines is 1. The highest BCUT2D eigenvalue weighted by atomic mass is 35.5. The summed E-state index contributed by atoms with van der Waals surface area (Å²) in [7, 11) is 0. The number of aryl methyl sites for hydroxylation is 1. The van der Waals surface area contributed by atoms with Crippen LogP contribution in [0.3, 0.4) is 0 Å². The van der Waals surface area contributed by atoms with E-state index >= 15 is 0 Å². The molecule has 114 valence electrons. The smallest absolute Gasteiger partial charge is 0.288 e. The monoisotopic (exact) mass is 311 g/mol. The van der Waals surface area contributed by atoms with E-state index in [1.165, 1.54) is 12.1 Å². The van der Waals surface area contributed by atoms with Crippen molar-refractivity contribution in [2.45, 2.75) is 32.7 Å². The van der Waals surface area contributed by atoms with Gasteiger partial charge in [-0.2, -0.15) is 0 Å². The minimum absolute atomic E-state index is 0.0190. The summed E-state index contributed by atoms with van der Waals surface area (Å²) in [6.07, 6.45) is 2.07. The van der Waals surface area contributed by atoms with Crippen molar-refractivity contribution in [2.75, 3.05) is 11.9 Å². The van der Waals surface area contributed by atoms with Gasteiger partial charge in [0.2, 0.25) is 5.91 Å². The minimum atomic E-state index is -0.536. The number of carbonyl (C=O) groups is 1. The van der Waals surface area contributed by atoms with Crippen molar-refractivity contribution in [2.24, 2.45) is 5.92 Å². The van der Waals surface area contributed by atoms with Crippen molar-refractivity contribution in [1.29, 1.82) is 0 Å². The first-order chi connectivity index (χ1) is 9.90. The van der Waals surface area contributed by atoms with Crippen molar-refractivity contribution in [3.63, 3.8) is 0 Å². The second-order valence-corrected chi connectivity index (χ2v) is 5.82. The number of nitrogens with one attached hydrogen (secondary N) is 2. The van der Waals surface area contributed by atoms with Gasteiger partial charge in [0.25, 0.3) is 5.69 Å². The molecule has 1 saturated heterocycles. The van der Waals surface area contributed by atoms with Crippen LogP contribution in [0.4, 0.5) is 11.4 Å². The first-order valence-corrected chi connectivity index (χ1v) is 7.26. The highest BCUT2D eigenvalue weighted by molar-refractivity contribution is 6.33. The van der Waals surface area contributed by atoms with Gasteiger partial charge < -0.3 is 10.6 Å². The molecule has 1 aromatic rings. The molecule has 1 aliphatic rings. The van der Waals surface area contributed by atoms with Gasteiger partial charge in [0.1, 0.15) is 5.02 Å². The van der Waals surface area contributed by atoms with Crippen molar-refractivity contribution in [1.82, 2.24) is 5.32 Å². The Morgan fingerprint density at radius 3 is 2.86 bits per heavy atom. The Bertz CT molecular complexity index is 577. The summed E-state index contributed by atoms with van der Waals surface area (Å²) in [5.74, 6) is 0.128. The molecule has 2 N–H and O–H groups in total. The zero-order chi connectivity index (χ0) is 15.6. The predicted molar refractivity (Wildman–Crippen MR) is 81.7 cm³/mol. The van der Waals surface area contributed by atoms with Gasteiger partial charge in [-0.25, -0.2) is 0 Å². The maximum absolute atomic E-state index is 12.3. The van der Waals surface area contributed by atoms with E-state index in [9.17, 15) is 14.9 Å². The number of nitro benzene ring substituents is 1. The summed E-state index contributed by atoms with van der Waals surface area (Å²) in [5, 5.41) is 16.8. The standard InChI is InChI=1S/C14H18ClN3O3/c1-8-4-3-5-16-13(8)14(19)17-11-7-10(15)12(18(20)21)6-9(11)2/h6-8,13,16H,3-5H2,1-2H3,(H,17,19). The van der Waals surface area contributed by atoms with Crippen molar-refractivity contribution < 1.29 is 9.72 Å². The number of amides is 1. The van der Waals surface area contributed by atoms with E-state index in [-0.39, 0.29) is 28.6 Å². The maximum Gasteiger partial charge on any atom is 0.288 e. The van der Waals surface area contributed by atoms with Crippen LogP contribution >= 0.6 is 11.6 Å². The fourth-order valence-corrected chi connectivity index (χ4v) is 2.78. The molecule has 1 amide bonds. The minimum Gasteiger partial charge on any atom is -0.324 e. The largest absolute Gasteiger partial charge is 0.324 e. The van der Waals surface area contributed by atoms with Crippen LogP contribution in [0, 0.1) is 23.0 Å². The summed E-state index contributed by atoms with van der Waals surface area (Å²) >= 11 is 5.89. The van der Waals surface area contributed by atoms with Crippen LogP contribution < -0.4 is 10.6 Å². The van der Waals surface area contributed by atoms with Gasteiger partial charge in [-0.15, -0.1) is 0 Å². The zero-order valence-electron chi connectivity index (χ0n) is 12.0. The second-order valence-electron chi connectivity index (χ2n) is 5.42. The lowest BCUT2D eigenvalue weighted by Gasteiger charge is -2.29. The lowest BCUT2D eigenvalue weighted by molar-refractivity contribution is -0.384. The first kappa shape index (κ1) is 15.7. The summed E-state index contributed by atoms with van der Waals surface area (Å²) in [5.41, 5.74) is 0.967. The Labute approximate surface area is 128 Å². The molecule has 1 fully saturated rings. The molecular formula is C14H18ClN3O3. The Hall–Kier alpha value is -1.66. The van der Waals surface area contributed by atoms with E-state index in [1.54, 1.807) is 6.92 Å². The molecule has 0 radical (unpaired) electrons. The summed E-state index contributed by atoms with van der Waals surface area (Å²) in [4.78, 5) is 22.6. The van der Waals surface area contributed by atoms with Gasteiger partial charge in [0.15, 0.2) is 0 Å². The highest BCUT2D eigenvalue weighted by Crippen LogP contribution is 2.31. The third-order valence-electron chi connectivity index (χ3n) is 3.80. The number of carbonyl (C=O) groups excluding carboxylic acids is 1. The van der Waals surface area contributed by atoms with Crippen molar-refractivity contribution in [3.05, 3.63) is 32.8 Å². The Balaban J connectivity index is 2.17. The van der Waals surface area contributed by atoms with Gasteiger partial charge in [0.05, 0.1) is 11.0 Å². The van der Waals surface area contributed by atoms with E-state index < -0.39 is 4.92 Å². The number of halogens is 1. The SMILES string of the molecule is Cc1cc([N+](=O)[O-])c(Cl)cc1NC(=O)C1NCCCC1C. The maximum atomic E-state index is 12.3. The van der Waals surface area contributed by atoms with E-state index in [1.807, 2.05) is 6.92 Å². The molecule has 2 atom stereocenters. The molecule has 0 aromatic heterocycles. The summed E-state index contributed by atoms with van der Waals surface area (Å²) in [6.45, 7) is 4.56. The van der Waals surface area contributed by atoms with Crippen molar-refractivity contribution >= 4 is 28.9 Å². The molecule has 7 heteroatoms. The van der Waals surface area contributed by atoms with E-state index in [0.29, 0.717) is 11.3 Å². The molecule has 0 aliphatic carbocycles. The molecule has 2 unspecified atom stereocenters. The van der Waals surface area contributed by atoms with Crippen LogP contribution in [0.2, 0.25) is 5.02 Å². The topological polar surface area (TPSA) is 84.3 Å². The van der Waals surface area contributed by atoms with E-state index in [4.69, 9.17) is 11.6 Å². The molecule has 6 nitrogen and oxygen atoms in total. The summed E-state index contributed by atoms with van der Waals surface area (Å²) < 4.78 is 0. The Morgan fingerprint density at radius 1 is 1.52 bits per heavy atom. The third kappa shape index (κ3) is 3.51. The average Bonchev–Trinajstić information content (AvgIpc) is 2.42. The first-order valence-electron chi connectivity index (χ1n) is 6.89. The Morgan fingerprint density at radius 2 is 2.24 bits per heavy atom. The van der Waals surface area contributed by atoms with Gasteiger partial charge in [-0.3, -0.25) is 14.9 Å². The molecule has 0 spiro atoms. The zero-order valence-corrected chi connectivity index (χ0v) is 12.7. The fourth-order valence-electron chi connectivity index (χ4n) is 2.55. The number of benzene rings is 1. The van der Waals surface area contributed by atoms with Gasteiger partial charge in [-0.1, -0.05) is 18.5 Å². The molecule has 21 heavy (non-hydrogen) atoms. The third-order valence-corrected chi connectivity index (χ3v) is 4.10. The van der Waals surface area contributed by atoms with Gasteiger partial charge in [0, 0.05) is 11.8 Å². The number of nitro groups is 1. The predicted octanol–water partition coefficient (Wildman–Crippen LogP) is 2.88. The molecule has 1 heterocycles. The van der Waals surface area contributed by atoms with E-state index in [2.05, 4.69) is 10.6 Å². The number of nitrogens with zero attached hydrogens (tertiary/aromatic N) is 1.